The molecule has 0 aromatic heterocycles. The SMILES string of the molecule is CSC1CCC(NCCCC(C)(C)C(N)=NO)C1. The van der Waals surface area contributed by atoms with Crippen LogP contribution in [-0.2, 0) is 0 Å². The molecule has 2 atom stereocenters. The Bertz CT molecular complexity index is 281. The molecule has 1 rings (SSSR count). The van der Waals surface area contributed by atoms with Crippen LogP contribution in [0.4, 0.5) is 0 Å². The van der Waals surface area contributed by atoms with Gasteiger partial charge in [-0.25, -0.2) is 0 Å². The van der Waals surface area contributed by atoms with Gasteiger partial charge in [-0.05, 0) is 44.9 Å². The van der Waals surface area contributed by atoms with Crippen LogP contribution in [0.5, 0.6) is 0 Å². The summed E-state index contributed by atoms with van der Waals surface area (Å²) in [5, 5.41) is 16.3. The molecule has 1 fully saturated rings. The molecule has 1 saturated carbocycles. The van der Waals surface area contributed by atoms with Crippen LogP contribution in [0.3, 0.4) is 0 Å². The summed E-state index contributed by atoms with van der Waals surface area (Å²) >= 11 is 1.99. The van der Waals surface area contributed by atoms with Gasteiger partial charge in [-0.3, -0.25) is 0 Å². The topological polar surface area (TPSA) is 70.6 Å². The Morgan fingerprint density at radius 3 is 2.78 bits per heavy atom. The first-order chi connectivity index (χ1) is 8.49. The van der Waals surface area contributed by atoms with Crippen LogP contribution in [0.2, 0.25) is 0 Å². The molecule has 0 aromatic rings. The minimum absolute atomic E-state index is 0.214. The molecule has 1 aliphatic carbocycles. The molecule has 5 heteroatoms. The second-order valence-corrected chi connectivity index (χ2v) is 6.93. The highest BCUT2D eigenvalue weighted by molar-refractivity contribution is 7.99. The number of amidine groups is 1. The van der Waals surface area contributed by atoms with Crippen molar-refractivity contribution < 1.29 is 5.21 Å². The molecule has 106 valence electrons. The summed E-state index contributed by atoms with van der Waals surface area (Å²) in [7, 11) is 0. The molecular formula is C13H27N3OS. The van der Waals surface area contributed by atoms with E-state index in [2.05, 4.69) is 16.7 Å². The van der Waals surface area contributed by atoms with E-state index in [1.54, 1.807) is 0 Å². The lowest BCUT2D eigenvalue weighted by molar-refractivity contribution is 0.304. The van der Waals surface area contributed by atoms with Crippen molar-refractivity contribution in [2.45, 2.75) is 57.2 Å². The third kappa shape index (κ3) is 4.69. The fraction of sp³-hybridized carbons (Fsp3) is 0.923. The molecular weight excluding hydrogens is 246 g/mol. The zero-order chi connectivity index (χ0) is 13.6. The van der Waals surface area contributed by atoms with Gasteiger partial charge in [-0.15, -0.1) is 0 Å². The Hall–Kier alpha value is -0.420. The zero-order valence-electron chi connectivity index (χ0n) is 11.8. The van der Waals surface area contributed by atoms with Crippen LogP contribution in [-0.4, -0.2) is 35.1 Å². The second-order valence-electron chi connectivity index (χ2n) is 5.79. The molecule has 0 bridgehead atoms. The zero-order valence-corrected chi connectivity index (χ0v) is 12.6. The van der Waals surface area contributed by atoms with Gasteiger partial charge in [0.1, 0.15) is 5.84 Å². The lowest BCUT2D eigenvalue weighted by Crippen LogP contribution is -2.33. The average molecular weight is 273 g/mol. The number of nitrogens with one attached hydrogen (secondary N) is 1. The van der Waals surface area contributed by atoms with Gasteiger partial charge in [0, 0.05) is 16.7 Å². The molecule has 0 radical (unpaired) electrons. The van der Waals surface area contributed by atoms with Crippen LogP contribution >= 0.6 is 11.8 Å². The summed E-state index contributed by atoms with van der Waals surface area (Å²) < 4.78 is 0. The Labute approximate surface area is 115 Å². The maximum absolute atomic E-state index is 8.70. The first-order valence-corrected chi connectivity index (χ1v) is 8.02. The molecule has 18 heavy (non-hydrogen) atoms. The normalized spacial score (nSPS) is 25.6. The summed E-state index contributed by atoms with van der Waals surface area (Å²) in [5.74, 6) is 0.325. The summed E-state index contributed by atoms with van der Waals surface area (Å²) in [6, 6.07) is 0.689. The van der Waals surface area contributed by atoms with Gasteiger partial charge in [-0.2, -0.15) is 11.8 Å². The minimum atomic E-state index is -0.214. The fourth-order valence-corrected chi connectivity index (χ4v) is 3.24. The maximum Gasteiger partial charge on any atom is 0.144 e. The molecule has 4 nitrogen and oxygen atoms in total. The van der Waals surface area contributed by atoms with E-state index in [9.17, 15) is 0 Å². The maximum atomic E-state index is 8.70. The van der Waals surface area contributed by atoms with Gasteiger partial charge in [0.05, 0.1) is 0 Å². The highest BCUT2D eigenvalue weighted by atomic mass is 32.2. The van der Waals surface area contributed by atoms with Gasteiger partial charge < -0.3 is 16.3 Å². The van der Waals surface area contributed by atoms with E-state index in [0.717, 1.165) is 24.6 Å². The Morgan fingerprint density at radius 2 is 2.22 bits per heavy atom. The first kappa shape index (κ1) is 15.6. The highest BCUT2D eigenvalue weighted by Crippen LogP contribution is 2.28. The van der Waals surface area contributed by atoms with Crippen molar-refractivity contribution in [2.75, 3.05) is 12.8 Å². The van der Waals surface area contributed by atoms with Crippen molar-refractivity contribution in [3.05, 3.63) is 0 Å². The van der Waals surface area contributed by atoms with E-state index in [-0.39, 0.29) is 5.41 Å². The predicted molar refractivity (Wildman–Crippen MR) is 79.4 cm³/mol. The van der Waals surface area contributed by atoms with Crippen LogP contribution < -0.4 is 11.1 Å². The van der Waals surface area contributed by atoms with Gasteiger partial charge >= 0.3 is 0 Å². The lowest BCUT2D eigenvalue weighted by Gasteiger charge is -2.23. The smallest absolute Gasteiger partial charge is 0.144 e. The molecule has 0 spiro atoms. The molecule has 0 aromatic carbocycles. The third-order valence-electron chi connectivity index (χ3n) is 3.93. The Morgan fingerprint density at radius 1 is 1.50 bits per heavy atom. The third-order valence-corrected chi connectivity index (χ3v) is 5.03. The monoisotopic (exact) mass is 273 g/mol. The molecule has 4 N–H and O–H groups in total. The number of nitrogens with zero attached hydrogens (tertiary/aromatic N) is 1. The summed E-state index contributed by atoms with van der Waals surface area (Å²) in [6.45, 7) is 5.05. The van der Waals surface area contributed by atoms with Crippen molar-refractivity contribution in [1.82, 2.24) is 5.32 Å². The van der Waals surface area contributed by atoms with Crippen LogP contribution in [0, 0.1) is 5.41 Å². The number of hydrogen-bond donors (Lipinski definition) is 3. The largest absolute Gasteiger partial charge is 0.409 e. The number of oxime groups is 1. The van der Waals surface area contributed by atoms with E-state index >= 15 is 0 Å². The van der Waals surface area contributed by atoms with Crippen molar-refractivity contribution >= 4 is 17.6 Å². The Kier molecular flexibility index (Phi) is 6.29. The number of rotatable bonds is 7. The van der Waals surface area contributed by atoms with Crippen LogP contribution in [0.15, 0.2) is 5.16 Å². The standard InChI is InChI=1S/C13H27N3OS/c1-13(2,12(14)16-17)7-4-8-15-10-5-6-11(9-10)18-3/h10-11,15,17H,4-9H2,1-3H3,(H2,14,16). The quantitative estimate of drug-likeness (QED) is 0.219. The van der Waals surface area contributed by atoms with Crippen molar-refractivity contribution in [3.8, 4) is 0 Å². The van der Waals surface area contributed by atoms with Gasteiger partial charge in [0.25, 0.3) is 0 Å². The summed E-state index contributed by atoms with van der Waals surface area (Å²) in [5.41, 5.74) is 5.45. The number of thioether (sulfide) groups is 1. The number of nitrogens with two attached hydrogens (primary N) is 1. The predicted octanol–water partition coefficient (Wildman–Crippen LogP) is 2.41. The van der Waals surface area contributed by atoms with E-state index in [4.69, 9.17) is 10.9 Å². The van der Waals surface area contributed by atoms with E-state index < -0.39 is 0 Å². The van der Waals surface area contributed by atoms with E-state index in [1.165, 1.54) is 19.3 Å². The van der Waals surface area contributed by atoms with Crippen molar-refractivity contribution in [3.63, 3.8) is 0 Å². The molecule has 0 amide bonds. The first-order valence-electron chi connectivity index (χ1n) is 6.74. The van der Waals surface area contributed by atoms with Gasteiger partial charge in [0.2, 0.25) is 0 Å². The van der Waals surface area contributed by atoms with E-state index in [1.807, 2.05) is 25.6 Å². The van der Waals surface area contributed by atoms with E-state index in [0.29, 0.717) is 11.9 Å². The van der Waals surface area contributed by atoms with Gasteiger partial charge in [-0.1, -0.05) is 19.0 Å². The minimum Gasteiger partial charge on any atom is -0.409 e. The summed E-state index contributed by atoms with van der Waals surface area (Å²) in [6.07, 6.45) is 8.14. The van der Waals surface area contributed by atoms with Crippen molar-refractivity contribution in [1.29, 1.82) is 0 Å². The van der Waals surface area contributed by atoms with Gasteiger partial charge in [0.15, 0.2) is 0 Å². The molecule has 0 heterocycles. The molecule has 1 aliphatic rings. The fourth-order valence-electron chi connectivity index (χ4n) is 2.44. The summed E-state index contributed by atoms with van der Waals surface area (Å²) in [4.78, 5) is 0. The second kappa shape index (κ2) is 7.24. The molecule has 0 aliphatic heterocycles. The van der Waals surface area contributed by atoms with Crippen LogP contribution in [0.1, 0.15) is 46.0 Å². The molecule has 0 saturated heterocycles. The average Bonchev–Trinajstić information content (AvgIpc) is 2.81. The lowest BCUT2D eigenvalue weighted by atomic mass is 9.86. The Balaban J connectivity index is 2.16. The molecule has 2 unspecified atom stereocenters. The van der Waals surface area contributed by atoms with Crippen molar-refractivity contribution in [2.24, 2.45) is 16.3 Å². The number of hydrogen-bond acceptors (Lipinski definition) is 4. The highest BCUT2D eigenvalue weighted by Gasteiger charge is 2.25. The van der Waals surface area contributed by atoms with Crippen LogP contribution in [0.25, 0.3) is 0 Å².